The van der Waals surface area contributed by atoms with Gasteiger partial charge in [-0.3, -0.25) is 9.78 Å². The number of nitrogen functional groups attached to an aromatic ring is 1. The number of carbonyl (C=O) groups excluding carboxylic acids is 1. The molecule has 0 radical (unpaired) electrons. The third kappa shape index (κ3) is 2.17. The molecule has 2 aromatic rings. The molecule has 2 N–H and O–H groups in total. The highest BCUT2D eigenvalue weighted by atomic mass is 16.2. The number of fused-ring (bicyclic) bond motifs is 1. The minimum absolute atomic E-state index is 0.0214. The molecule has 0 fully saturated rings. The Morgan fingerprint density at radius 2 is 2.00 bits per heavy atom. The van der Waals surface area contributed by atoms with E-state index in [9.17, 15) is 4.79 Å². The van der Waals surface area contributed by atoms with Crippen LogP contribution in [-0.4, -0.2) is 17.4 Å². The standard InChI is InChI=1S/C15H15N3O/c16-13-3-4-14-12(10-13)2-1-9-18(14)15(19)11-5-7-17-8-6-11/h3-8,10H,1-2,9,16H2. The Balaban J connectivity index is 1.98. The summed E-state index contributed by atoms with van der Waals surface area (Å²) < 4.78 is 0. The van der Waals surface area contributed by atoms with E-state index in [-0.39, 0.29) is 5.91 Å². The van der Waals surface area contributed by atoms with Gasteiger partial charge in [-0.25, -0.2) is 0 Å². The topological polar surface area (TPSA) is 59.2 Å². The van der Waals surface area contributed by atoms with Crippen molar-refractivity contribution in [3.05, 3.63) is 53.9 Å². The second kappa shape index (κ2) is 4.72. The first-order valence-corrected chi connectivity index (χ1v) is 6.36. The largest absolute Gasteiger partial charge is 0.399 e. The average molecular weight is 253 g/mol. The Kier molecular flexibility index (Phi) is 2.91. The van der Waals surface area contributed by atoms with Crippen molar-refractivity contribution < 1.29 is 4.79 Å². The molecule has 0 bridgehead atoms. The molecular formula is C15H15N3O. The Labute approximate surface area is 111 Å². The molecular weight excluding hydrogens is 238 g/mol. The van der Waals surface area contributed by atoms with E-state index in [4.69, 9.17) is 5.73 Å². The van der Waals surface area contributed by atoms with Crippen molar-refractivity contribution in [2.24, 2.45) is 0 Å². The van der Waals surface area contributed by atoms with Crippen LogP contribution in [0.5, 0.6) is 0 Å². The molecule has 2 heterocycles. The highest BCUT2D eigenvalue weighted by Gasteiger charge is 2.23. The van der Waals surface area contributed by atoms with Gasteiger partial charge in [0.2, 0.25) is 0 Å². The molecule has 0 atom stereocenters. The van der Waals surface area contributed by atoms with Gasteiger partial charge in [-0.2, -0.15) is 0 Å². The Bertz CT molecular complexity index is 610. The number of anilines is 2. The van der Waals surface area contributed by atoms with Crippen molar-refractivity contribution >= 4 is 17.3 Å². The van der Waals surface area contributed by atoms with E-state index in [2.05, 4.69) is 4.98 Å². The molecule has 1 aliphatic rings. The second-order valence-corrected chi connectivity index (χ2v) is 4.68. The molecule has 0 unspecified atom stereocenters. The Morgan fingerprint density at radius 3 is 2.79 bits per heavy atom. The molecule has 0 saturated carbocycles. The van der Waals surface area contributed by atoms with Crippen molar-refractivity contribution in [2.75, 3.05) is 17.2 Å². The van der Waals surface area contributed by atoms with Gasteiger partial charge < -0.3 is 10.6 Å². The fourth-order valence-electron chi connectivity index (χ4n) is 2.48. The monoisotopic (exact) mass is 253 g/mol. The van der Waals surface area contributed by atoms with Crippen LogP contribution in [0, 0.1) is 0 Å². The Morgan fingerprint density at radius 1 is 1.21 bits per heavy atom. The quantitative estimate of drug-likeness (QED) is 0.793. The van der Waals surface area contributed by atoms with Crippen LogP contribution in [0.1, 0.15) is 22.3 Å². The van der Waals surface area contributed by atoms with Crippen LogP contribution in [-0.2, 0) is 6.42 Å². The van der Waals surface area contributed by atoms with Crippen LogP contribution in [0.3, 0.4) is 0 Å². The van der Waals surface area contributed by atoms with Crippen molar-refractivity contribution in [1.82, 2.24) is 4.98 Å². The van der Waals surface area contributed by atoms with E-state index >= 15 is 0 Å². The molecule has 4 heteroatoms. The summed E-state index contributed by atoms with van der Waals surface area (Å²) in [6.07, 6.45) is 5.22. The predicted molar refractivity (Wildman–Crippen MR) is 75.1 cm³/mol. The zero-order valence-corrected chi connectivity index (χ0v) is 10.5. The lowest BCUT2D eigenvalue weighted by Gasteiger charge is -2.29. The summed E-state index contributed by atoms with van der Waals surface area (Å²) in [6, 6.07) is 9.23. The first-order valence-electron chi connectivity index (χ1n) is 6.36. The van der Waals surface area contributed by atoms with E-state index in [1.165, 1.54) is 0 Å². The van der Waals surface area contributed by atoms with Gasteiger partial charge in [0, 0.05) is 35.9 Å². The average Bonchev–Trinajstić information content (AvgIpc) is 2.46. The van der Waals surface area contributed by atoms with Gasteiger partial charge in [0.1, 0.15) is 0 Å². The van der Waals surface area contributed by atoms with Crippen LogP contribution in [0.4, 0.5) is 11.4 Å². The predicted octanol–water partition coefficient (Wildman–Crippen LogP) is 2.26. The summed E-state index contributed by atoms with van der Waals surface area (Å²) in [4.78, 5) is 18.3. The van der Waals surface area contributed by atoms with Gasteiger partial charge in [0.05, 0.1) is 0 Å². The SMILES string of the molecule is Nc1ccc2c(c1)CCCN2C(=O)c1ccncc1. The molecule has 96 valence electrons. The summed E-state index contributed by atoms with van der Waals surface area (Å²) in [7, 11) is 0. The molecule has 0 saturated heterocycles. The highest BCUT2D eigenvalue weighted by molar-refractivity contribution is 6.06. The normalized spacial score (nSPS) is 14.0. The van der Waals surface area contributed by atoms with E-state index in [1.807, 2.05) is 23.1 Å². The lowest BCUT2D eigenvalue weighted by Crippen LogP contribution is -2.35. The van der Waals surface area contributed by atoms with Crippen molar-refractivity contribution in [3.8, 4) is 0 Å². The number of aryl methyl sites for hydroxylation is 1. The number of carbonyl (C=O) groups is 1. The molecule has 0 aliphatic carbocycles. The number of amides is 1. The third-order valence-electron chi connectivity index (χ3n) is 3.39. The van der Waals surface area contributed by atoms with E-state index in [0.717, 1.165) is 36.3 Å². The summed E-state index contributed by atoms with van der Waals surface area (Å²) in [5.74, 6) is 0.0214. The van der Waals surface area contributed by atoms with Crippen LogP contribution in [0.25, 0.3) is 0 Å². The minimum atomic E-state index is 0.0214. The smallest absolute Gasteiger partial charge is 0.258 e. The first-order chi connectivity index (χ1) is 9.25. The van der Waals surface area contributed by atoms with Crippen molar-refractivity contribution in [3.63, 3.8) is 0 Å². The zero-order valence-electron chi connectivity index (χ0n) is 10.5. The van der Waals surface area contributed by atoms with E-state index in [1.54, 1.807) is 24.5 Å². The van der Waals surface area contributed by atoms with Crippen LogP contribution >= 0.6 is 0 Å². The van der Waals surface area contributed by atoms with Gasteiger partial charge in [-0.15, -0.1) is 0 Å². The van der Waals surface area contributed by atoms with Gasteiger partial charge in [0.15, 0.2) is 0 Å². The number of nitrogens with two attached hydrogens (primary N) is 1. The van der Waals surface area contributed by atoms with Crippen molar-refractivity contribution in [2.45, 2.75) is 12.8 Å². The maximum atomic E-state index is 12.5. The van der Waals surface area contributed by atoms with Gasteiger partial charge in [-0.05, 0) is 48.7 Å². The summed E-state index contributed by atoms with van der Waals surface area (Å²) >= 11 is 0. The van der Waals surface area contributed by atoms with Crippen LogP contribution in [0.2, 0.25) is 0 Å². The number of nitrogens with zero attached hydrogens (tertiary/aromatic N) is 2. The molecule has 3 rings (SSSR count). The van der Waals surface area contributed by atoms with Crippen molar-refractivity contribution in [1.29, 1.82) is 0 Å². The van der Waals surface area contributed by atoms with E-state index in [0.29, 0.717) is 5.56 Å². The molecule has 1 aromatic carbocycles. The fraction of sp³-hybridized carbons (Fsp3) is 0.200. The van der Waals surface area contributed by atoms with E-state index < -0.39 is 0 Å². The van der Waals surface area contributed by atoms with Gasteiger partial charge >= 0.3 is 0 Å². The number of benzene rings is 1. The third-order valence-corrected chi connectivity index (χ3v) is 3.39. The van der Waals surface area contributed by atoms with Gasteiger partial charge in [-0.1, -0.05) is 0 Å². The zero-order chi connectivity index (χ0) is 13.2. The molecule has 19 heavy (non-hydrogen) atoms. The van der Waals surface area contributed by atoms with Crippen LogP contribution in [0.15, 0.2) is 42.7 Å². The molecule has 1 aliphatic heterocycles. The molecule has 1 amide bonds. The maximum absolute atomic E-state index is 12.5. The van der Waals surface area contributed by atoms with Gasteiger partial charge in [0.25, 0.3) is 5.91 Å². The minimum Gasteiger partial charge on any atom is -0.399 e. The lowest BCUT2D eigenvalue weighted by molar-refractivity contribution is 0.0985. The number of pyridine rings is 1. The Hall–Kier alpha value is -2.36. The summed E-state index contributed by atoms with van der Waals surface area (Å²) in [5.41, 5.74) is 9.34. The summed E-state index contributed by atoms with van der Waals surface area (Å²) in [5, 5.41) is 0. The maximum Gasteiger partial charge on any atom is 0.258 e. The summed E-state index contributed by atoms with van der Waals surface area (Å²) in [6.45, 7) is 0.748. The molecule has 1 aromatic heterocycles. The number of hydrogen-bond acceptors (Lipinski definition) is 3. The second-order valence-electron chi connectivity index (χ2n) is 4.68. The van der Waals surface area contributed by atoms with Crippen LogP contribution < -0.4 is 10.6 Å². The first kappa shape index (κ1) is 11.7. The number of rotatable bonds is 1. The number of hydrogen-bond donors (Lipinski definition) is 1. The number of aromatic nitrogens is 1. The fourth-order valence-corrected chi connectivity index (χ4v) is 2.48. The lowest BCUT2D eigenvalue weighted by atomic mass is 10.0. The highest BCUT2D eigenvalue weighted by Crippen LogP contribution is 2.29. The molecule has 0 spiro atoms. The molecule has 4 nitrogen and oxygen atoms in total.